The van der Waals surface area contributed by atoms with Gasteiger partial charge in [0.05, 0.1) is 6.04 Å². The van der Waals surface area contributed by atoms with E-state index in [1.54, 1.807) is 0 Å². The van der Waals surface area contributed by atoms with Gasteiger partial charge in [0.25, 0.3) is 0 Å². The number of carbonyl (C=O) groups excluding carboxylic acids is 1. The monoisotopic (exact) mass is 447 g/mol. The van der Waals surface area contributed by atoms with Crippen LogP contribution in [0.25, 0.3) is 11.4 Å². The van der Waals surface area contributed by atoms with Gasteiger partial charge in [-0.3, -0.25) is 4.79 Å². The molecule has 2 aromatic carbocycles. The minimum Gasteiger partial charge on any atom is -0.486 e. The molecule has 0 bridgehead atoms. The third-order valence-electron chi connectivity index (χ3n) is 6.38. The SMILES string of the molecule is CC(C)c1ccc(-c2noc(CCC(=O)N3CCCC3c3ccc4c(c3)OCCO4)n2)cc1. The number of hydrogen-bond donors (Lipinski definition) is 0. The fraction of sp³-hybridized carbons (Fsp3) is 0.423. The second-order valence-electron chi connectivity index (χ2n) is 8.94. The van der Waals surface area contributed by atoms with Crippen molar-refractivity contribution in [3.05, 3.63) is 59.5 Å². The molecular weight excluding hydrogens is 418 g/mol. The Kier molecular flexibility index (Phi) is 6.03. The van der Waals surface area contributed by atoms with E-state index in [9.17, 15) is 4.79 Å². The smallest absolute Gasteiger partial charge is 0.227 e. The highest BCUT2D eigenvalue weighted by Gasteiger charge is 2.31. The Hall–Kier alpha value is -3.35. The van der Waals surface area contributed by atoms with Gasteiger partial charge in [-0.1, -0.05) is 49.3 Å². The number of aromatic nitrogens is 2. The van der Waals surface area contributed by atoms with E-state index in [1.165, 1.54) is 5.56 Å². The lowest BCUT2D eigenvalue weighted by atomic mass is 10.0. The molecule has 0 radical (unpaired) electrons. The summed E-state index contributed by atoms with van der Waals surface area (Å²) in [6, 6.07) is 14.3. The summed E-state index contributed by atoms with van der Waals surface area (Å²) in [5, 5.41) is 4.10. The molecule has 2 aliphatic heterocycles. The topological polar surface area (TPSA) is 77.7 Å². The number of amides is 1. The molecule has 1 fully saturated rings. The lowest BCUT2D eigenvalue weighted by Gasteiger charge is -2.26. The summed E-state index contributed by atoms with van der Waals surface area (Å²) in [7, 11) is 0. The summed E-state index contributed by atoms with van der Waals surface area (Å²) in [6.07, 6.45) is 2.71. The average Bonchev–Trinajstić information content (AvgIpc) is 3.52. The predicted molar refractivity (Wildman–Crippen MR) is 123 cm³/mol. The summed E-state index contributed by atoms with van der Waals surface area (Å²) < 4.78 is 16.8. The van der Waals surface area contributed by atoms with Gasteiger partial charge < -0.3 is 18.9 Å². The zero-order valence-corrected chi connectivity index (χ0v) is 19.1. The largest absolute Gasteiger partial charge is 0.486 e. The summed E-state index contributed by atoms with van der Waals surface area (Å²) >= 11 is 0. The maximum absolute atomic E-state index is 13.0. The van der Waals surface area contributed by atoms with Crippen LogP contribution >= 0.6 is 0 Å². The highest BCUT2D eigenvalue weighted by atomic mass is 16.6. The Balaban J connectivity index is 1.22. The molecule has 1 unspecified atom stereocenters. The van der Waals surface area contributed by atoms with Gasteiger partial charge in [-0.05, 0) is 42.0 Å². The molecule has 0 N–H and O–H groups in total. The van der Waals surface area contributed by atoms with Crippen LogP contribution in [0.1, 0.15) is 62.1 Å². The minimum atomic E-state index is 0.0612. The first-order valence-corrected chi connectivity index (χ1v) is 11.7. The molecule has 5 rings (SSSR count). The van der Waals surface area contributed by atoms with Crippen molar-refractivity contribution in [2.24, 2.45) is 0 Å². The van der Waals surface area contributed by atoms with Crippen LogP contribution in [-0.2, 0) is 11.2 Å². The fourth-order valence-electron chi connectivity index (χ4n) is 4.53. The maximum atomic E-state index is 13.0. The molecule has 33 heavy (non-hydrogen) atoms. The van der Waals surface area contributed by atoms with E-state index >= 15 is 0 Å². The van der Waals surface area contributed by atoms with Crippen molar-refractivity contribution in [1.82, 2.24) is 15.0 Å². The first-order valence-electron chi connectivity index (χ1n) is 11.7. The van der Waals surface area contributed by atoms with E-state index < -0.39 is 0 Å². The summed E-state index contributed by atoms with van der Waals surface area (Å²) in [5.74, 6) is 3.16. The van der Waals surface area contributed by atoms with Gasteiger partial charge in [0.1, 0.15) is 13.2 Å². The highest BCUT2D eigenvalue weighted by molar-refractivity contribution is 5.77. The van der Waals surface area contributed by atoms with Crippen LogP contribution in [0.3, 0.4) is 0 Å². The lowest BCUT2D eigenvalue weighted by molar-refractivity contribution is -0.132. The van der Waals surface area contributed by atoms with Crippen molar-refractivity contribution in [3.63, 3.8) is 0 Å². The van der Waals surface area contributed by atoms with Crippen molar-refractivity contribution < 1.29 is 18.8 Å². The van der Waals surface area contributed by atoms with Crippen LogP contribution in [0, 0.1) is 0 Å². The number of carbonyl (C=O) groups is 1. The molecule has 3 aromatic rings. The lowest BCUT2D eigenvalue weighted by Crippen LogP contribution is -2.30. The molecule has 7 heteroatoms. The number of likely N-dealkylation sites (tertiary alicyclic amines) is 1. The predicted octanol–water partition coefficient (Wildman–Crippen LogP) is 4.93. The number of rotatable bonds is 6. The Bertz CT molecular complexity index is 1120. The Labute approximate surface area is 193 Å². The molecule has 1 amide bonds. The summed E-state index contributed by atoms with van der Waals surface area (Å²) in [5.41, 5.74) is 3.28. The second-order valence-corrected chi connectivity index (χ2v) is 8.94. The van der Waals surface area contributed by atoms with E-state index in [0.29, 0.717) is 43.7 Å². The third kappa shape index (κ3) is 4.58. The fourth-order valence-corrected chi connectivity index (χ4v) is 4.53. The van der Waals surface area contributed by atoms with E-state index in [-0.39, 0.29) is 11.9 Å². The van der Waals surface area contributed by atoms with E-state index in [2.05, 4.69) is 36.1 Å². The first kappa shape index (κ1) is 21.5. The van der Waals surface area contributed by atoms with Crippen LogP contribution in [0.4, 0.5) is 0 Å². The number of ether oxygens (including phenoxy) is 2. The van der Waals surface area contributed by atoms with Crippen molar-refractivity contribution in [1.29, 1.82) is 0 Å². The van der Waals surface area contributed by atoms with Crippen molar-refractivity contribution in [2.45, 2.75) is 51.5 Å². The average molecular weight is 448 g/mol. The second kappa shape index (κ2) is 9.25. The zero-order valence-electron chi connectivity index (χ0n) is 19.1. The standard InChI is InChI=1S/C26H29N3O4/c1-17(2)18-5-7-19(8-6-18)26-27-24(33-28-26)11-12-25(30)29-13-3-4-21(29)20-9-10-22-23(16-20)32-15-14-31-22/h5-10,16-17,21H,3-4,11-15H2,1-2H3. The van der Waals surface area contributed by atoms with E-state index in [1.807, 2.05) is 35.2 Å². The third-order valence-corrected chi connectivity index (χ3v) is 6.38. The van der Waals surface area contributed by atoms with Crippen LogP contribution in [-0.4, -0.2) is 40.7 Å². The molecule has 0 saturated carbocycles. The van der Waals surface area contributed by atoms with Crippen LogP contribution < -0.4 is 9.47 Å². The van der Waals surface area contributed by atoms with Gasteiger partial charge in [0, 0.05) is 24.9 Å². The number of hydrogen-bond acceptors (Lipinski definition) is 6. The molecule has 3 heterocycles. The first-order chi connectivity index (χ1) is 16.1. The van der Waals surface area contributed by atoms with Crippen LogP contribution in [0.15, 0.2) is 47.0 Å². The Morgan fingerprint density at radius 2 is 1.88 bits per heavy atom. The minimum absolute atomic E-state index is 0.0612. The van der Waals surface area contributed by atoms with Crippen LogP contribution in [0.5, 0.6) is 11.5 Å². The van der Waals surface area contributed by atoms with E-state index in [4.69, 9.17) is 14.0 Å². The zero-order chi connectivity index (χ0) is 22.8. The molecule has 1 atom stereocenters. The summed E-state index contributed by atoms with van der Waals surface area (Å²) in [6.45, 7) is 6.21. The molecule has 2 aliphatic rings. The molecule has 0 aliphatic carbocycles. The normalized spacial score (nSPS) is 17.5. The van der Waals surface area contributed by atoms with Gasteiger partial charge in [-0.2, -0.15) is 4.98 Å². The van der Waals surface area contributed by atoms with Gasteiger partial charge in [-0.15, -0.1) is 0 Å². The molecule has 1 saturated heterocycles. The summed E-state index contributed by atoms with van der Waals surface area (Å²) in [4.78, 5) is 19.5. The van der Waals surface area contributed by atoms with Gasteiger partial charge in [0.2, 0.25) is 17.6 Å². The number of aryl methyl sites for hydroxylation is 1. The van der Waals surface area contributed by atoms with Gasteiger partial charge >= 0.3 is 0 Å². The Morgan fingerprint density at radius 3 is 2.67 bits per heavy atom. The highest BCUT2D eigenvalue weighted by Crippen LogP contribution is 2.38. The van der Waals surface area contributed by atoms with Crippen molar-refractivity contribution in [3.8, 4) is 22.9 Å². The number of nitrogens with zero attached hydrogens (tertiary/aromatic N) is 3. The maximum Gasteiger partial charge on any atom is 0.227 e. The quantitative estimate of drug-likeness (QED) is 0.533. The molecule has 1 aromatic heterocycles. The van der Waals surface area contributed by atoms with Crippen molar-refractivity contribution >= 4 is 5.91 Å². The van der Waals surface area contributed by atoms with Crippen LogP contribution in [0.2, 0.25) is 0 Å². The molecule has 0 spiro atoms. The van der Waals surface area contributed by atoms with Crippen molar-refractivity contribution in [2.75, 3.05) is 19.8 Å². The molecular formula is C26H29N3O4. The number of benzene rings is 2. The Morgan fingerprint density at radius 1 is 1.09 bits per heavy atom. The molecule has 7 nitrogen and oxygen atoms in total. The van der Waals surface area contributed by atoms with E-state index in [0.717, 1.165) is 42.0 Å². The number of fused-ring (bicyclic) bond motifs is 1. The molecule has 172 valence electrons. The van der Waals surface area contributed by atoms with Gasteiger partial charge in [-0.25, -0.2) is 0 Å². The van der Waals surface area contributed by atoms with Gasteiger partial charge in [0.15, 0.2) is 11.5 Å².